The Labute approximate surface area is 227 Å². The molecule has 1 unspecified atom stereocenters. The second-order valence-electron chi connectivity index (χ2n) is 11.5. The standard InChI is InChI=1S/C32H66BrP/c1-6-11-16-17-18-19-20-21-22-23-24-25-28-31(26-12-7-2,27-13-8-3)32(34-33,29-14-9-4)30-15-10-5/h34H,6-30H2,1-5H3. The third-order valence-electron chi connectivity index (χ3n) is 8.64. The lowest BCUT2D eigenvalue weighted by molar-refractivity contribution is 0.110. The SMILES string of the molecule is CCCCCCCCCCCCCCC(CCCC)(CCCC)C(CCCC)(CCCC)PBr. The summed E-state index contributed by atoms with van der Waals surface area (Å²) in [6.45, 7) is 11.9. The van der Waals surface area contributed by atoms with Crippen LogP contribution < -0.4 is 0 Å². The van der Waals surface area contributed by atoms with Crippen LogP contribution in [0, 0.1) is 5.41 Å². The van der Waals surface area contributed by atoms with Crippen molar-refractivity contribution in [2.75, 3.05) is 0 Å². The molecule has 0 amide bonds. The average molecular weight is 562 g/mol. The van der Waals surface area contributed by atoms with Gasteiger partial charge in [0.1, 0.15) is 0 Å². The van der Waals surface area contributed by atoms with Gasteiger partial charge < -0.3 is 0 Å². The molecule has 0 aliphatic carbocycles. The van der Waals surface area contributed by atoms with E-state index in [0.717, 1.165) is 7.28 Å². The highest BCUT2D eigenvalue weighted by Gasteiger charge is 2.48. The van der Waals surface area contributed by atoms with Gasteiger partial charge in [-0.2, -0.15) is 0 Å². The van der Waals surface area contributed by atoms with Crippen molar-refractivity contribution in [1.82, 2.24) is 0 Å². The van der Waals surface area contributed by atoms with Gasteiger partial charge in [0.15, 0.2) is 0 Å². The van der Waals surface area contributed by atoms with Crippen LogP contribution >= 0.6 is 22.8 Å². The van der Waals surface area contributed by atoms with Crippen LogP contribution in [0.3, 0.4) is 0 Å². The molecule has 0 saturated carbocycles. The fourth-order valence-corrected chi connectivity index (χ4v) is 9.80. The molecule has 0 aromatic rings. The van der Waals surface area contributed by atoms with Crippen molar-refractivity contribution in [3.63, 3.8) is 0 Å². The molecular weight excluding hydrogens is 495 g/mol. The van der Waals surface area contributed by atoms with Crippen LogP contribution in [0.4, 0.5) is 0 Å². The van der Waals surface area contributed by atoms with Crippen LogP contribution in [0.5, 0.6) is 0 Å². The number of unbranched alkanes of at least 4 members (excludes halogenated alkanes) is 15. The molecule has 0 aliphatic rings. The van der Waals surface area contributed by atoms with E-state index in [9.17, 15) is 0 Å². The largest absolute Gasteiger partial charge is 0.0654 e. The first-order chi connectivity index (χ1) is 16.6. The maximum absolute atomic E-state index is 4.16. The average Bonchev–Trinajstić information content (AvgIpc) is 2.86. The van der Waals surface area contributed by atoms with Crippen LogP contribution in [0.2, 0.25) is 0 Å². The lowest BCUT2D eigenvalue weighted by atomic mass is 9.62. The van der Waals surface area contributed by atoms with Gasteiger partial charge in [0.2, 0.25) is 0 Å². The molecule has 0 bridgehead atoms. The Morgan fingerprint density at radius 3 is 1.03 bits per heavy atom. The van der Waals surface area contributed by atoms with Gasteiger partial charge in [-0.15, -0.1) is 0 Å². The van der Waals surface area contributed by atoms with E-state index in [1.54, 1.807) is 0 Å². The van der Waals surface area contributed by atoms with E-state index in [1.165, 1.54) is 161 Å². The van der Waals surface area contributed by atoms with Crippen molar-refractivity contribution in [2.45, 2.75) is 200 Å². The van der Waals surface area contributed by atoms with Crippen LogP contribution in [-0.2, 0) is 0 Å². The van der Waals surface area contributed by atoms with Crippen LogP contribution in [0.1, 0.15) is 195 Å². The zero-order chi connectivity index (χ0) is 25.4. The van der Waals surface area contributed by atoms with Crippen molar-refractivity contribution in [3.05, 3.63) is 0 Å². The summed E-state index contributed by atoms with van der Waals surface area (Å²) in [6, 6.07) is 0. The van der Waals surface area contributed by atoms with E-state index in [1.807, 2.05) is 0 Å². The number of hydrogen-bond acceptors (Lipinski definition) is 0. The molecule has 34 heavy (non-hydrogen) atoms. The number of rotatable bonds is 27. The van der Waals surface area contributed by atoms with Gasteiger partial charge in [-0.25, -0.2) is 0 Å². The number of hydrogen-bond donors (Lipinski definition) is 0. The summed E-state index contributed by atoms with van der Waals surface area (Å²) in [7, 11) is 0.937. The molecule has 0 radical (unpaired) electrons. The Morgan fingerprint density at radius 2 is 0.676 bits per heavy atom. The van der Waals surface area contributed by atoms with E-state index in [0.29, 0.717) is 10.6 Å². The highest BCUT2D eigenvalue weighted by atomic mass is 79.9. The summed E-state index contributed by atoms with van der Waals surface area (Å²) >= 11 is 4.16. The monoisotopic (exact) mass is 560 g/mol. The molecule has 1 atom stereocenters. The first-order valence-corrected chi connectivity index (χ1v) is 19.2. The van der Waals surface area contributed by atoms with Gasteiger partial charge in [0.05, 0.1) is 0 Å². The summed E-state index contributed by atoms with van der Waals surface area (Å²) in [6.07, 6.45) is 36.0. The third kappa shape index (κ3) is 14.6. The molecule has 0 rings (SSSR count). The summed E-state index contributed by atoms with van der Waals surface area (Å²) in [5, 5.41) is 0.543. The smallest absolute Gasteiger partial charge is 0.00326 e. The predicted molar refractivity (Wildman–Crippen MR) is 166 cm³/mol. The van der Waals surface area contributed by atoms with Crippen LogP contribution in [0.15, 0.2) is 0 Å². The second kappa shape index (κ2) is 24.3. The maximum atomic E-state index is 4.16. The third-order valence-corrected chi connectivity index (χ3v) is 12.3. The minimum absolute atomic E-state index is 0.543. The minimum atomic E-state index is 0.543. The summed E-state index contributed by atoms with van der Waals surface area (Å²) < 4.78 is 0. The molecule has 0 aromatic heterocycles. The van der Waals surface area contributed by atoms with Crippen molar-refractivity contribution in [2.24, 2.45) is 5.41 Å². The molecular formula is C32H66BrP. The fraction of sp³-hybridized carbons (Fsp3) is 1.00. The molecule has 0 aromatic carbocycles. The van der Waals surface area contributed by atoms with E-state index in [2.05, 4.69) is 50.1 Å². The maximum Gasteiger partial charge on any atom is 0.00326 e. The Balaban J connectivity index is 4.93. The minimum Gasteiger partial charge on any atom is -0.0654 e. The van der Waals surface area contributed by atoms with E-state index >= 15 is 0 Å². The highest BCUT2D eigenvalue weighted by Crippen LogP contribution is 2.62. The topological polar surface area (TPSA) is 0 Å². The summed E-state index contributed by atoms with van der Waals surface area (Å²) in [4.78, 5) is 0. The van der Waals surface area contributed by atoms with Crippen LogP contribution in [0.25, 0.3) is 0 Å². The molecule has 0 saturated heterocycles. The van der Waals surface area contributed by atoms with Crippen molar-refractivity contribution >= 4 is 22.8 Å². The summed E-state index contributed by atoms with van der Waals surface area (Å²) in [5.41, 5.74) is 0.573. The van der Waals surface area contributed by atoms with Crippen molar-refractivity contribution in [3.8, 4) is 0 Å². The molecule has 206 valence electrons. The zero-order valence-corrected chi connectivity index (χ0v) is 27.1. The van der Waals surface area contributed by atoms with E-state index < -0.39 is 0 Å². The fourth-order valence-electron chi connectivity index (χ4n) is 6.23. The van der Waals surface area contributed by atoms with Crippen LogP contribution in [-0.4, -0.2) is 5.16 Å². The van der Waals surface area contributed by atoms with Gasteiger partial charge in [-0.05, 0) is 44.8 Å². The molecule has 0 nitrogen and oxygen atoms in total. The molecule has 0 heterocycles. The molecule has 2 heteroatoms. The first kappa shape index (κ1) is 34.9. The van der Waals surface area contributed by atoms with Gasteiger partial charge in [-0.1, -0.05) is 179 Å². The molecule has 0 spiro atoms. The lowest BCUT2D eigenvalue weighted by Gasteiger charge is -2.52. The Kier molecular flexibility index (Phi) is 24.9. The molecule has 0 aliphatic heterocycles. The Bertz CT molecular complexity index is 392. The number of halogens is 1. The second-order valence-corrected chi connectivity index (χ2v) is 13.8. The Hall–Kier alpha value is 0.910. The highest BCUT2D eigenvalue weighted by molar-refractivity contribution is 9.37. The van der Waals surface area contributed by atoms with Crippen molar-refractivity contribution < 1.29 is 0 Å². The molecule has 0 fully saturated rings. The van der Waals surface area contributed by atoms with Gasteiger partial charge in [0, 0.05) is 5.16 Å². The Morgan fingerprint density at radius 1 is 0.382 bits per heavy atom. The van der Waals surface area contributed by atoms with Gasteiger partial charge >= 0.3 is 0 Å². The molecule has 0 N–H and O–H groups in total. The summed E-state index contributed by atoms with van der Waals surface area (Å²) in [5.74, 6) is 0. The van der Waals surface area contributed by atoms with Gasteiger partial charge in [0.25, 0.3) is 0 Å². The van der Waals surface area contributed by atoms with Crippen molar-refractivity contribution in [1.29, 1.82) is 0 Å². The van der Waals surface area contributed by atoms with Gasteiger partial charge in [-0.3, -0.25) is 0 Å². The van der Waals surface area contributed by atoms with E-state index in [4.69, 9.17) is 0 Å². The quantitative estimate of drug-likeness (QED) is 0.0691. The normalized spacial score (nSPS) is 12.9. The zero-order valence-electron chi connectivity index (χ0n) is 24.6. The van der Waals surface area contributed by atoms with E-state index in [-0.39, 0.29) is 0 Å². The lowest BCUT2D eigenvalue weighted by Crippen LogP contribution is -2.45. The first-order valence-electron chi connectivity index (χ1n) is 16.0. The predicted octanol–water partition coefficient (Wildman–Crippen LogP) is 13.6.